The minimum atomic E-state index is -1.89. The molecule has 15 nitrogen and oxygen atoms in total. The van der Waals surface area contributed by atoms with Crippen LogP contribution in [-0.2, 0) is 24.0 Å². The van der Waals surface area contributed by atoms with Crippen molar-refractivity contribution in [1.29, 1.82) is 0 Å². The normalized spacial score (nSPS) is 16.2. The number of carboxylic acid groups (broad SMARTS) is 3. The van der Waals surface area contributed by atoms with E-state index < -0.39 is 66.1 Å². The number of benzene rings is 1. The second-order valence-corrected chi connectivity index (χ2v) is 9.95. The van der Waals surface area contributed by atoms with Gasteiger partial charge in [-0.2, -0.15) is 0 Å². The van der Waals surface area contributed by atoms with Gasteiger partial charge in [0.05, 0.1) is 0 Å². The van der Waals surface area contributed by atoms with Gasteiger partial charge in [-0.25, -0.2) is 24.2 Å². The van der Waals surface area contributed by atoms with Crippen molar-refractivity contribution >= 4 is 47.5 Å². The Balaban J connectivity index is 2.11. The van der Waals surface area contributed by atoms with E-state index in [1.54, 1.807) is 24.3 Å². The number of amides is 4. The number of carbonyl (C=O) groups is 6. The number of hydrogen-bond donors (Lipinski definition) is 4. The number of nitrogens with one attached hydrogen (secondary N) is 1. The van der Waals surface area contributed by atoms with E-state index in [-0.39, 0.29) is 25.7 Å². The maximum absolute atomic E-state index is 13.6. The van der Waals surface area contributed by atoms with Crippen LogP contribution in [0.4, 0.5) is 10.5 Å². The second kappa shape index (κ2) is 16.0. The third-order valence-electron chi connectivity index (χ3n) is 7.41. The quantitative estimate of drug-likeness (QED) is 0.0626. The van der Waals surface area contributed by atoms with E-state index in [1.807, 2.05) is 12.2 Å². The van der Waals surface area contributed by atoms with Gasteiger partial charge in [-0.05, 0) is 56.2 Å². The highest BCUT2D eigenvalue weighted by atomic mass is 16.4. The van der Waals surface area contributed by atoms with Crippen molar-refractivity contribution in [3.05, 3.63) is 46.3 Å². The Morgan fingerprint density at radius 3 is 2.00 bits per heavy atom. The number of carboxylic acids is 3. The Kier molecular flexibility index (Phi) is 12.8. The summed E-state index contributed by atoms with van der Waals surface area (Å²) >= 11 is 0. The first-order valence-electron chi connectivity index (χ1n) is 13.9. The first-order valence-corrected chi connectivity index (χ1v) is 13.9. The Bertz CT molecular complexity index is 1290. The topological polar surface area (TPSA) is 230 Å². The first kappa shape index (κ1) is 34.5. The molecule has 0 aliphatic carbocycles. The maximum Gasteiger partial charge on any atom is 0.335 e. The molecule has 1 saturated heterocycles. The lowest BCUT2D eigenvalue weighted by atomic mass is 9.77. The molecule has 4 N–H and O–H groups in total. The summed E-state index contributed by atoms with van der Waals surface area (Å²) in [6, 6.07) is 2.02. The maximum atomic E-state index is 13.6. The van der Waals surface area contributed by atoms with E-state index in [2.05, 4.69) is 15.3 Å². The highest BCUT2D eigenvalue weighted by Gasteiger charge is 2.59. The fourth-order valence-electron chi connectivity index (χ4n) is 4.91. The summed E-state index contributed by atoms with van der Waals surface area (Å²) in [5.41, 5.74) is 7.99. The van der Waals surface area contributed by atoms with Crippen LogP contribution in [0.15, 0.2) is 35.5 Å². The molecule has 0 unspecified atom stereocenters. The Morgan fingerprint density at radius 2 is 1.51 bits per heavy atom. The number of urea groups is 1. The SMILES string of the molecule is CCC1(CC)C(=O)N([C@@H](CCCCNC/C=C/c2ccc(N=[N+]=[N-])cc2)C(=O)O)C(=O)N([C@@H](CCC(=O)O)C(=O)O)C1=O. The molecule has 1 aliphatic rings. The number of azide groups is 1. The van der Waals surface area contributed by atoms with Gasteiger partial charge in [0, 0.05) is 23.6 Å². The first-order chi connectivity index (χ1) is 20.4. The standard InChI is InChI=1S/C28H36N6O9/c1-3-28(4-2)25(41)33(27(43)34(26(28)42)21(24(39)40)14-15-22(35)36)20(23(37)38)9-5-6-16-30-17-7-8-18-10-12-19(13-11-18)31-32-29/h7-8,10-13,20-21,30H,3-6,9,14-17H2,1-2H3,(H,35,36)(H,37,38)(H,39,40)/b8-7+/t20-,21-/m0/s1. The summed E-state index contributed by atoms with van der Waals surface area (Å²) in [6.45, 7) is 4.01. The zero-order chi connectivity index (χ0) is 32.2. The summed E-state index contributed by atoms with van der Waals surface area (Å²) in [6.07, 6.45) is 2.86. The molecular weight excluding hydrogens is 564 g/mol. The van der Waals surface area contributed by atoms with Gasteiger partial charge in [0.15, 0.2) is 0 Å². The van der Waals surface area contributed by atoms with Crippen LogP contribution in [0, 0.1) is 5.41 Å². The van der Waals surface area contributed by atoms with Crippen LogP contribution >= 0.6 is 0 Å². The van der Waals surface area contributed by atoms with Crippen molar-refractivity contribution in [2.45, 2.75) is 70.9 Å². The van der Waals surface area contributed by atoms with Crippen molar-refractivity contribution in [1.82, 2.24) is 15.1 Å². The number of rotatable bonds is 18. The summed E-state index contributed by atoms with van der Waals surface area (Å²) in [5.74, 6) is -6.56. The van der Waals surface area contributed by atoms with Gasteiger partial charge in [0.25, 0.3) is 0 Å². The van der Waals surface area contributed by atoms with Crippen molar-refractivity contribution in [2.75, 3.05) is 13.1 Å². The third kappa shape index (κ3) is 8.40. The molecule has 1 fully saturated rings. The second-order valence-electron chi connectivity index (χ2n) is 9.95. The largest absolute Gasteiger partial charge is 0.481 e. The Hall–Kier alpha value is -4.75. The summed E-state index contributed by atoms with van der Waals surface area (Å²) in [4.78, 5) is 79.5. The molecular formula is C28H36N6O9. The zero-order valence-electron chi connectivity index (χ0n) is 24.0. The highest BCUT2D eigenvalue weighted by molar-refractivity contribution is 6.21. The molecule has 0 saturated carbocycles. The average molecular weight is 601 g/mol. The van der Waals surface area contributed by atoms with Crippen LogP contribution < -0.4 is 5.32 Å². The molecule has 43 heavy (non-hydrogen) atoms. The Morgan fingerprint density at radius 1 is 0.953 bits per heavy atom. The minimum Gasteiger partial charge on any atom is -0.481 e. The molecule has 0 aromatic heterocycles. The van der Waals surface area contributed by atoms with E-state index in [0.717, 1.165) is 5.56 Å². The van der Waals surface area contributed by atoms with E-state index in [4.69, 9.17) is 10.6 Å². The lowest BCUT2D eigenvalue weighted by Crippen LogP contribution is -2.70. The zero-order valence-corrected chi connectivity index (χ0v) is 24.0. The highest BCUT2D eigenvalue weighted by Crippen LogP contribution is 2.39. The number of nitrogens with zero attached hydrogens (tertiary/aromatic N) is 5. The van der Waals surface area contributed by atoms with Gasteiger partial charge < -0.3 is 20.6 Å². The van der Waals surface area contributed by atoms with Gasteiger partial charge in [-0.15, -0.1) is 0 Å². The van der Waals surface area contributed by atoms with Crippen LogP contribution in [0.1, 0.15) is 64.4 Å². The Labute approximate surface area is 247 Å². The number of hydrogen-bond acceptors (Lipinski definition) is 8. The van der Waals surface area contributed by atoms with E-state index >= 15 is 0 Å². The van der Waals surface area contributed by atoms with Gasteiger partial charge in [0.1, 0.15) is 17.5 Å². The molecule has 2 rings (SSSR count). The van der Waals surface area contributed by atoms with Crippen molar-refractivity contribution in [3.8, 4) is 0 Å². The summed E-state index contributed by atoms with van der Waals surface area (Å²) in [7, 11) is 0. The van der Waals surface area contributed by atoms with E-state index in [9.17, 15) is 39.0 Å². The van der Waals surface area contributed by atoms with Crippen molar-refractivity contribution in [2.24, 2.45) is 10.5 Å². The van der Waals surface area contributed by atoms with Crippen LogP contribution in [0.25, 0.3) is 16.5 Å². The number of barbiturate groups is 1. The smallest absolute Gasteiger partial charge is 0.335 e. The van der Waals surface area contributed by atoms with Gasteiger partial charge >= 0.3 is 23.9 Å². The molecule has 1 heterocycles. The van der Waals surface area contributed by atoms with Gasteiger partial charge in [0.2, 0.25) is 11.8 Å². The monoisotopic (exact) mass is 600 g/mol. The number of imide groups is 2. The van der Waals surface area contributed by atoms with E-state index in [0.29, 0.717) is 35.0 Å². The van der Waals surface area contributed by atoms with Crippen LogP contribution in [0.2, 0.25) is 0 Å². The van der Waals surface area contributed by atoms with Crippen LogP contribution in [0.3, 0.4) is 0 Å². The molecule has 1 aliphatic heterocycles. The fourth-order valence-corrected chi connectivity index (χ4v) is 4.91. The molecule has 0 bridgehead atoms. The number of aliphatic carboxylic acids is 3. The average Bonchev–Trinajstić information content (AvgIpc) is 2.96. The van der Waals surface area contributed by atoms with Gasteiger partial charge in [-0.3, -0.25) is 14.4 Å². The lowest BCUT2D eigenvalue weighted by Gasteiger charge is -2.46. The number of unbranched alkanes of at least 4 members (excludes halogenated alkanes) is 1. The molecule has 0 radical (unpaired) electrons. The third-order valence-corrected chi connectivity index (χ3v) is 7.41. The number of carbonyl (C=O) groups excluding carboxylic acids is 3. The van der Waals surface area contributed by atoms with Crippen molar-refractivity contribution < 1.29 is 44.1 Å². The summed E-state index contributed by atoms with van der Waals surface area (Å²) < 4.78 is 0. The summed E-state index contributed by atoms with van der Waals surface area (Å²) in [5, 5.41) is 35.5. The molecule has 2 atom stereocenters. The molecule has 4 amide bonds. The molecule has 1 aromatic carbocycles. The van der Waals surface area contributed by atoms with E-state index in [1.165, 1.54) is 13.8 Å². The molecule has 0 spiro atoms. The van der Waals surface area contributed by atoms with Crippen LogP contribution in [0.5, 0.6) is 0 Å². The fraction of sp³-hybridized carbons (Fsp3) is 0.500. The molecule has 15 heteroatoms. The molecule has 232 valence electrons. The minimum absolute atomic E-state index is 0.117. The predicted molar refractivity (Wildman–Crippen MR) is 153 cm³/mol. The lowest BCUT2D eigenvalue weighted by molar-refractivity contribution is -0.170. The molecule has 1 aromatic rings. The van der Waals surface area contributed by atoms with Crippen molar-refractivity contribution in [3.63, 3.8) is 0 Å². The van der Waals surface area contributed by atoms with Gasteiger partial charge in [-0.1, -0.05) is 55.4 Å². The predicted octanol–water partition coefficient (Wildman–Crippen LogP) is 3.77. The van der Waals surface area contributed by atoms with Crippen LogP contribution in [-0.4, -0.2) is 86.0 Å².